The lowest BCUT2D eigenvalue weighted by Crippen LogP contribution is -2.07. The number of hydrogen-bond acceptors (Lipinski definition) is 4. The first-order valence-electron chi connectivity index (χ1n) is 7.60. The summed E-state index contributed by atoms with van der Waals surface area (Å²) >= 11 is 5.39. The van der Waals surface area contributed by atoms with Crippen LogP contribution in [-0.2, 0) is 6.61 Å². The molecule has 6 heteroatoms. The third-order valence-electron chi connectivity index (χ3n) is 3.99. The Morgan fingerprint density at radius 2 is 1.79 bits per heavy atom. The van der Waals surface area contributed by atoms with Crippen LogP contribution in [0.1, 0.15) is 17.0 Å². The monoisotopic (exact) mass is 341 g/mol. The zero-order valence-corrected chi connectivity index (χ0v) is 14.7. The number of H-pyrrole nitrogens is 1. The van der Waals surface area contributed by atoms with Crippen LogP contribution in [-0.4, -0.2) is 21.9 Å². The normalized spacial score (nSPS) is 10.6. The van der Waals surface area contributed by atoms with E-state index in [2.05, 4.69) is 30.1 Å². The van der Waals surface area contributed by atoms with Gasteiger partial charge in [0.05, 0.1) is 12.8 Å². The number of rotatable bonds is 5. The van der Waals surface area contributed by atoms with Crippen LogP contribution in [0.3, 0.4) is 0 Å². The van der Waals surface area contributed by atoms with Crippen LogP contribution in [0.5, 0.6) is 11.5 Å². The highest BCUT2D eigenvalue weighted by Crippen LogP contribution is 2.21. The van der Waals surface area contributed by atoms with Crippen LogP contribution < -0.4 is 9.47 Å². The van der Waals surface area contributed by atoms with Gasteiger partial charge >= 0.3 is 0 Å². The van der Waals surface area contributed by atoms with Gasteiger partial charge in [-0.1, -0.05) is 12.1 Å². The fraction of sp³-hybridized carbons (Fsp3) is 0.222. The van der Waals surface area contributed by atoms with E-state index in [4.69, 9.17) is 21.7 Å². The van der Waals surface area contributed by atoms with Crippen molar-refractivity contribution in [2.75, 3.05) is 7.11 Å². The van der Waals surface area contributed by atoms with E-state index in [1.807, 2.05) is 41.0 Å². The number of aromatic nitrogens is 3. The number of nitrogens with one attached hydrogen (secondary N) is 1. The second-order valence-corrected chi connectivity index (χ2v) is 5.85. The molecule has 3 aromatic rings. The molecule has 0 radical (unpaired) electrons. The average molecular weight is 341 g/mol. The number of aromatic amines is 1. The SMILES string of the molecule is COc1ccc(OCc2n[nH]c(=S)n2-c2cccc(C)c2C)cc1. The molecule has 0 aliphatic carbocycles. The van der Waals surface area contributed by atoms with E-state index in [1.165, 1.54) is 11.1 Å². The lowest BCUT2D eigenvalue weighted by atomic mass is 10.1. The van der Waals surface area contributed by atoms with Gasteiger partial charge in [0.1, 0.15) is 18.1 Å². The predicted molar refractivity (Wildman–Crippen MR) is 95.5 cm³/mol. The average Bonchev–Trinajstić information content (AvgIpc) is 2.96. The minimum atomic E-state index is 0.312. The summed E-state index contributed by atoms with van der Waals surface area (Å²) in [4.78, 5) is 0. The summed E-state index contributed by atoms with van der Waals surface area (Å²) in [5.74, 6) is 2.27. The molecule has 0 aliphatic rings. The summed E-state index contributed by atoms with van der Waals surface area (Å²) in [5, 5.41) is 7.16. The van der Waals surface area contributed by atoms with Gasteiger partial charge in [-0.15, -0.1) is 0 Å². The maximum atomic E-state index is 5.83. The quantitative estimate of drug-likeness (QED) is 0.709. The first-order valence-corrected chi connectivity index (χ1v) is 8.00. The first-order chi connectivity index (χ1) is 11.6. The van der Waals surface area contributed by atoms with Crippen LogP contribution in [0.2, 0.25) is 0 Å². The molecular weight excluding hydrogens is 322 g/mol. The number of nitrogens with zero attached hydrogens (tertiary/aromatic N) is 2. The molecule has 0 atom stereocenters. The number of benzene rings is 2. The van der Waals surface area contributed by atoms with Crippen molar-refractivity contribution >= 4 is 12.2 Å². The highest BCUT2D eigenvalue weighted by atomic mass is 32.1. The summed E-state index contributed by atoms with van der Waals surface area (Å²) in [6.07, 6.45) is 0. The van der Waals surface area contributed by atoms with Crippen molar-refractivity contribution in [1.82, 2.24) is 14.8 Å². The zero-order chi connectivity index (χ0) is 17.1. The van der Waals surface area contributed by atoms with Gasteiger partial charge in [-0.25, -0.2) is 0 Å². The van der Waals surface area contributed by atoms with E-state index < -0.39 is 0 Å². The molecule has 0 amide bonds. The minimum absolute atomic E-state index is 0.312. The maximum Gasteiger partial charge on any atom is 0.199 e. The molecule has 0 aliphatic heterocycles. The Labute approximate surface area is 145 Å². The molecular formula is C18H19N3O2S. The molecule has 0 saturated heterocycles. The molecule has 0 saturated carbocycles. The van der Waals surface area contributed by atoms with Gasteiger partial charge in [0.2, 0.25) is 0 Å². The molecule has 1 heterocycles. The van der Waals surface area contributed by atoms with Crippen molar-refractivity contribution < 1.29 is 9.47 Å². The van der Waals surface area contributed by atoms with E-state index in [9.17, 15) is 0 Å². The molecule has 0 fully saturated rings. The molecule has 5 nitrogen and oxygen atoms in total. The van der Waals surface area contributed by atoms with E-state index in [-0.39, 0.29) is 0 Å². The Kier molecular flexibility index (Phi) is 4.66. The standard InChI is InChI=1S/C18H19N3O2S/c1-12-5-4-6-16(13(12)2)21-17(19-20-18(21)24)11-23-15-9-7-14(22-3)8-10-15/h4-10H,11H2,1-3H3,(H,20,24). The predicted octanol–water partition coefficient (Wildman–Crippen LogP) is 4.13. The molecule has 124 valence electrons. The van der Waals surface area contributed by atoms with E-state index in [0.29, 0.717) is 11.4 Å². The fourth-order valence-electron chi connectivity index (χ4n) is 2.47. The fourth-order valence-corrected chi connectivity index (χ4v) is 2.72. The largest absolute Gasteiger partial charge is 0.497 e. The summed E-state index contributed by atoms with van der Waals surface area (Å²) in [7, 11) is 1.64. The summed E-state index contributed by atoms with van der Waals surface area (Å²) in [6.45, 7) is 4.47. The van der Waals surface area contributed by atoms with Crippen molar-refractivity contribution in [3.63, 3.8) is 0 Å². The minimum Gasteiger partial charge on any atom is -0.497 e. The highest BCUT2D eigenvalue weighted by molar-refractivity contribution is 7.71. The summed E-state index contributed by atoms with van der Waals surface area (Å²) < 4.78 is 13.4. The van der Waals surface area contributed by atoms with Gasteiger partial charge in [-0.05, 0) is 67.5 Å². The van der Waals surface area contributed by atoms with Crippen LogP contribution in [0.25, 0.3) is 5.69 Å². The molecule has 1 N–H and O–H groups in total. The Balaban J connectivity index is 1.87. The first kappa shape index (κ1) is 16.3. The van der Waals surface area contributed by atoms with E-state index in [0.717, 1.165) is 23.0 Å². The maximum absolute atomic E-state index is 5.83. The van der Waals surface area contributed by atoms with Crippen LogP contribution >= 0.6 is 12.2 Å². The lowest BCUT2D eigenvalue weighted by Gasteiger charge is -2.12. The molecule has 24 heavy (non-hydrogen) atoms. The van der Waals surface area contributed by atoms with Gasteiger partial charge in [0, 0.05) is 0 Å². The van der Waals surface area contributed by atoms with Crippen molar-refractivity contribution in [3.05, 3.63) is 64.2 Å². The van der Waals surface area contributed by atoms with Crippen LogP contribution in [0.15, 0.2) is 42.5 Å². The number of ether oxygens (including phenoxy) is 2. The number of methoxy groups -OCH3 is 1. The van der Waals surface area contributed by atoms with Crippen LogP contribution in [0, 0.1) is 18.6 Å². The topological polar surface area (TPSA) is 52.1 Å². The van der Waals surface area contributed by atoms with E-state index >= 15 is 0 Å². The van der Waals surface area contributed by atoms with E-state index in [1.54, 1.807) is 7.11 Å². The summed E-state index contributed by atoms with van der Waals surface area (Å²) in [6, 6.07) is 13.6. The van der Waals surface area contributed by atoms with Crippen molar-refractivity contribution in [3.8, 4) is 17.2 Å². The molecule has 3 rings (SSSR count). The van der Waals surface area contributed by atoms with Gasteiger partial charge in [0.15, 0.2) is 10.6 Å². The molecule has 2 aromatic carbocycles. The Hall–Kier alpha value is -2.60. The third-order valence-corrected chi connectivity index (χ3v) is 4.26. The highest BCUT2D eigenvalue weighted by Gasteiger charge is 2.12. The smallest absolute Gasteiger partial charge is 0.199 e. The second-order valence-electron chi connectivity index (χ2n) is 5.46. The summed E-state index contributed by atoms with van der Waals surface area (Å²) in [5.41, 5.74) is 3.39. The Morgan fingerprint density at radius 1 is 1.08 bits per heavy atom. The lowest BCUT2D eigenvalue weighted by molar-refractivity contribution is 0.292. The van der Waals surface area contributed by atoms with Crippen molar-refractivity contribution in [2.45, 2.75) is 20.5 Å². The zero-order valence-electron chi connectivity index (χ0n) is 13.9. The van der Waals surface area contributed by atoms with Crippen LogP contribution in [0.4, 0.5) is 0 Å². The van der Waals surface area contributed by atoms with Crippen molar-refractivity contribution in [1.29, 1.82) is 0 Å². The van der Waals surface area contributed by atoms with Gasteiger partial charge in [-0.2, -0.15) is 5.10 Å². The number of hydrogen-bond donors (Lipinski definition) is 1. The number of aryl methyl sites for hydroxylation is 1. The van der Waals surface area contributed by atoms with Gasteiger partial charge < -0.3 is 9.47 Å². The van der Waals surface area contributed by atoms with Crippen molar-refractivity contribution in [2.24, 2.45) is 0 Å². The molecule has 1 aromatic heterocycles. The van der Waals surface area contributed by atoms with Gasteiger partial charge in [-0.3, -0.25) is 9.67 Å². The van der Waals surface area contributed by atoms with Gasteiger partial charge in [0.25, 0.3) is 0 Å². The Morgan fingerprint density at radius 3 is 2.50 bits per heavy atom. The Bertz CT molecular complexity index is 897. The molecule has 0 spiro atoms. The molecule has 0 bridgehead atoms. The molecule has 0 unspecified atom stereocenters. The third kappa shape index (κ3) is 3.19. The second kappa shape index (κ2) is 6.88.